The first-order valence-corrected chi connectivity index (χ1v) is 10.5. The second-order valence-corrected chi connectivity index (χ2v) is 7.68. The molecule has 0 aliphatic carbocycles. The van der Waals surface area contributed by atoms with Gasteiger partial charge in [0.1, 0.15) is 11.8 Å². The average Bonchev–Trinajstić information content (AvgIpc) is 3.58. The largest absolute Gasteiger partial charge is 0.467 e. The lowest BCUT2D eigenvalue weighted by molar-refractivity contribution is -0.139. The summed E-state index contributed by atoms with van der Waals surface area (Å²) in [4.78, 5) is 27.0. The maximum absolute atomic E-state index is 12.5. The van der Waals surface area contributed by atoms with Crippen LogP contribution in [0, 0.1) is 0 Å². The van der Waals surface area contributed by atoms with Gasteiger partial charge >= 0.3 is 11.8 Å². The summed E-state index contributed by atoms with van der Waals surface area (Å²) in [5.41, 5.74) is 3.20. The quantitative estimate of drug-likeness (QED) is 0.581. The molecule has 1 atom stereocenters. The summed E-state index contributed by atoms with van der Waals surface area (Å²) in [6.45, 7) is 1.46. The van der Waals surface area contributed by atoms with Gasteiger partial charge in [-0.1, -0.05) is 24.3 Å². The third-order valence-corrected chi connectivity index (χ3v) is 5.72. The second kappa shape index (κ2) is 8.66. The number of carbonyl (C=O) groups excluding carboxylic acids is 2. The lowest BCUT2D eigenvalue weighted by atomic mass is 10.1. The van der Waals surface area contributed by atoms with E-state index in [1.807, 2.05) is 30.3 Å². The van der Waals surface area contributed by atoms with Gasteiger partial charge in [-0.3, -0.25) is 9.59 Å². The van der Waals surface area contributed by atoms with Gasteiger partial charge in [-0.2, -0.15) is 0 Å². The van der Waals surface area contributed by atoms with E-state index in [9.17, 15) is 9.59 Å². The summed E-state index contributed by atoms with van der Waals surface area (Å²) in [6, 6.07) is 17.1. The molecular weight excluding hydrogens is 410 g/mol. The zero-order valence-electron chi connectivity index (χ0n) is 17.4. The summed E-state index contributed by atoms with van der Waals surface area (Å²) in [7, 11) is 0. The van der Waals surface area contributed by atoms with Crippen LogP contribution in [0.2, 0.25) is 0 Å². The number of nitrogens with zero attached hydrogens (tertiary/aromatic N) is 1. The van der Waals surface area contributed by atoms with Crippen LogP contribution in [-0.2, 0) is 22.6 Å². The highest BCUT2D eigenvalue weighted by molar-refractivity contribution is 6.35. The average molecular weight is 433 g/mol. The number of anilines is 1. The number of hydrogen-bond acceptors (Lipinski definition) is 6. The fourth-order valence-corrected chi connectivity index (χ4v) is 4.12. The van der Waals surface area contributed by atoms with Crippen molar-refractivity contribution in [2.75, 3.05) is 24.8 Å². The molecule has 0 bridgehead atoms. The molecule has 3 heterocycles. The molecule has 5 rings (SSSR count). The van der Waals surface area contributed by atoms with Crippen molar-refractivity contribution in [1.29, 1.82) is 0 Å². The van der Waals surface area contributed by atoms with Crippen molar-refractivity contribution >= 4 is 17.5 Å². The fourth-order valence-electron chi connectivity index (χ4n) is 4.12. The van der Waals surface area contributed by atoms with Crippen molar-refractivity contribution in [3.05, 3.63) is 77.7 Å². The van der Waals surface area contributed by atoms with Gasteiger partial charge in [-0.15, -0.1) is 0 Å². The first-order valence-electron chi connectivity index (χ1n) is 10.5. The summed E-state index contributed by atoms with van der Waals surface area (Å²) in [6.07, 6.45) is 2.54. The Balaban J connectivity index is 1.21. The van der Waals surface area contributed by atoms with Crippen molar-refractivity contribution < 1.29 is 23.5 Å². The standard InChI is InChI=1S/C24H23N3O5/c28-23(25-13-16-7-8-21-22(12-16)32-15-31-21)24(29)26-14-19(20-6-3-11-30-20)27-10-9-17-4-1-2-5-18(17)27/h1-8,11-12,19H,9-10,13-15H2,(H,25,28)(H,26,29). The van der Waals surface area contributed by atoms with Gasteiger partial charge < -0.3 is 29.4 Å². The van der Waals surface area contributed by atoms with Gasteiger partial charge in [0.15, 0.2) is 11.5 Å². The number of rotatable bonds is 6. The van der Waals surface area contributed by atoms with E-state index in [1.165, 1.54) is 5.56 Å². The number of nitrogens with one attached hydrogen (secondary N) is 2. The summed E-state index contributed by atoms with van der Waals surface area (Å²) < 4.78 is 16.3. The molecule has 0 radical (unpaired) electrons. The number of amides is 2. The Kier molecular flexibility index (Phi) is 5.41. The van der Waals surface area contributed by atoms with Gasteiger partial charge in [0.2, 0.25) is 6.79 Å². The Morgan fingerprint density at radius 3 is 2.69 bits per heavy atom. The number of benzene rings is 2. The second-order valence-electron chi connectivity index (χ2n) is 7.68. The molecule has 164 valence electrons. The SMILES string of the molecule is O=C(NCc1ccc2c(c1)OCO2)C(=O)NCC(c1ccco1)N1CCc2ccccc21. The zero-order valence-corrected chi connectivity index (χ0v) is 17.4. The molecule has 2 aliphatic heterocycles. The predicted molar refractivity (Wildman–Crippen MR) is 116 cm³/mol. The van der Waals surface area contributed by atoms with Gasteiger partial charge in [-0.25, -0.2) is 0 Å². The highest BCUT2D eigenvalue weighted by Gasteiger charge is 2.29. The topological polar surface area (TPSA) is 93.0 Å². The summed E-state index contributed by atoms with van der Waals surface area (Å²) in [5.74, 6) is 0.666. The van der Waals surface area contributed by atoms with Crippen LogP contribution >= 0.6 is 0 Å². The molecule has 8 heteroatoms. The number of furan rings is 1. The van der Waals surface area contributed by atoms with Gasteiger partial charge in [-0.05, 0) is 47.9 Å². The van der Waals surface area contributed by atoms with E-state index in [2.05, 4.69) is 27.7 Å². The first kappa shape index (κ1) is 20.0. The van der Waals surface area contributed by atoms with Crippen LogP contribution in [0.5, 0.6) is 11.5 Å². The van der Waals surface area contributed by atoms with Gasteiger partial charge in [0.25, 0.3) is 0 Å². The number of ether oxygens (including phenoxy) is 2. The maximum Gasteiger partial charge on any atom is 0.309 e. The van der Waals surface area contributed by atoms with E-state index in [1.54, 1.807) is 18.4 Å². The van der Waals surface area contributed by atoms with Crippen LogP contribution in [0.25, 0.3) is 0 Å². The van der Waals surface area contributed by atoms with Gasteiger partial charge in [0.05, 0.1) is 6.26 Å². The lowest BCUT2D eigenvalue weighted by Crippen LogP contribution is -2.43. The Morgan fingerprint density at radius 2 is 1.81 bits per heavy atom. The molecule has 0 saturated heterocycles. The fraction of sp³-hybridized carbons (Fsp3) is 0.250. The van der Waals surface area contributed by atoms with Crippen LogP contribution in [0.3, 0.4) is 0 Å². The molecular formula is C24H23N3O5. The van der Waals surface area contributed by atoms with E-state index in [-0.39, 0.29) is 25.9 Å². The van der Waals surface area contributed by atoms with Gasteiger partial charge in [0, 0.05) is 25.3 Å². The molecule has 1 aromatic heterocycles. The minimum atomic E-state index is -0.692. The van der Waals surface area contributed by atoms with E-state index in [0.717, 1.165) is 30.0 Å². The molecule has 0 spiro atoms. The normalized spacial score (nSPS) is 14.7. The number of carbonyl (C=O) groups is 2. The molecule has 2 N–H and O–H groups in total. The van der Waals surface area contributed by atoms with E-state index >= 15 is 0 Å². The third-order valence-electron chi connectivity index (χ3n) is 5.72. The molecule has 2 aromatic carbocycles. The summed E-state index contributed by atoms with van der Waals surface area (Å²) >= 11 is 0. The van der Waals surface area contributed by atoms with Crippen LogP contribution in [-0.4, -0.2) is 31.7 Å². The molecule has 0 fully saturated rings. The number of para-hydroxylation sites is 1. The van der Waals surface area contributed by atoms with E-state index in [0.29, 0.717) is 11.5 Å². The van der Waals surface area contributed by atoms with Crippen molar-refractivity contribution in [2.24, 2.45) is 0 Å². The Bertz CT molecular complexity index is 1130. The monoisotopic (exact) mass is 433 g/mol. The molecule has 2 amide bonds. The molecule has 3 aromatic rings. The molecule has 8 nitrogen and oxygen atoms in total. The van der Waals surface area contributed by atoms with Crippen molar-refractivity contribution in [2.45, 2.75) is 19.0 Å². The van der Waals surface area contributed by atoms with E-state index < -0.39 is 11.8 Å². The van der Waals surface area contributed by atoms with Crippen LogP contribution < -0.4 is 25.0 Å². The molecule has 2 aliphatic rings. The highest BCUT2D eigenvalue weighted by Crippen LogP contribution is 2.35. The molecule has 0 saturated carbocycles. The molecule has 32 heavy (non-hydrogen) atoms. The minimum Gasteiger partial charge on any atom is -0.467 e. The number of hydrogen-bond donors (Lipinski definition) is 2. The third kappa shape index (κ3) is 3.99. The highest BCUT2D eigenvalue weighted by atomic mass is 16.7. The smallest absolute Gasteiger partial charge is 0.309 e. The van der Waals surface area contributed by atoms with Crippen molar-refractivity contribution in [3.8, 4) is 11.5 Å². The first-order chi connectivity index (χ1) is 15.7. The Morgan fingerprint density at radius 1 is 0.969 bits per heavy atom. The lowest BCUT2D eigenvalue weighted by Gasteiger charge is -2.29. The van der Waals surface area contributed by atoms with Crippen LogP contribution in [0.4, 0.5) is 5.69 Å². The minimum absolute atomic E-state index is 0.186. The van der Waals surface area contributed by atoms with E-state index in [4.69, 9.17) is 13.9 Å². The zero-order chi connectivity index (χ0) is 21.9. The Labute approximate surface area is 185 Å². The number of fused-ring (bicyclic) bond motifs is 2. The van der Waals surface area contributed by atoms with Crippen LogP contribution in [0.15, 0.2) is 65.3 Å². The maximum atomic E-state index is 12.5. The molecule has 1 unspecified atom stereocenters. The Hall–Kier alpha value is -3.94. The predicted octanol–water partition coefficient (Wildman–Crippen LogP) is 2.54. The van der Waals surface area contributed by atoms with Crippen molar-refractivity contribution in [3.63, 3.8) is 0 Å². The summed E-state index contributed by atoms with van der Waals surface area (Å²) in [5, 5.41) is 5.41. The van der Waals surface area contributed by atoms with Crippen molar-refractivity contribution in [1.82, 2.24) is 10.6 Å². The van der Waals surface area contributed by atoms with Crippen LogP contribution in [0.1, 0.15) is 22.9 Å².